The van der Waals surface area contributed by atoms with Crippen LogP contribution in [-0.4, -0.2) is 47.5 Å². The first kappa shape index (κ1) is 13.0. The summed E-state index contributed by atoms with van der Waals surface area (Å²) in [6.07, 6.45) is 0.705. The SMILES string of the molecule is CCOC(=O)CN1C[C@@H](C)/C(=N\O)C[C@@H]1C. The van der Waals surface area contributed by atoms with Gasteiger partial charge in [0, 0.05) is 24.9 Å². The van der Waals surface area contributed by atoms with Crippen molar-refractivity contribution in [3.63, 3.8) is 0 Å². The van der Waals surface area contributed by atoms with Crippen LogP contribution in [0, 0.1) is 5.92 Å². The number of ether oxygens (including phenoxy) is 1. The first-order chi connectivity index (χ1) is 7.58. The molecule has 1 saturated heterocycles. The molecule has 1 aliphatic heterocycles. The van der Waals surface area contributed by atoms with Crippen molar-refractivity contribution < 1.29 is 14.7 Å². The number of esters is 1. The summed E-state index contributed by atoms with van der Waals surface area (Å²) in [7, 11) is 0. The summed E-state index contributed by atoms with van der Waals surface area (Å²) in [5.41, 5.74) is 0.813. The number of carbonyl (C=O) groups excluding carboxylic acids is 1. The van der Waals surface area contributed by atoms with Gasteiger partial charge in [-0.1, -0.05) is 12.1 Å². The normalized spacial score (nSPS) is 29.3. The Morgan fingerprint density at radius 3 is 2.88 bits per heavy atom. The molecule has 0 radical (unpaired) electrons. The molecule has 5 heteroatoms. The Hall–Kier alpha value is -1.10. The predicted octanol–water partition coefficient (Wildman–Crippen LogP) is 1.11. The summed E-state index contributed by atoms with van der Waals surface area (Å²) in [4.78, 5) is 13.4. The number of hydrogen-bond acceptors (Lipinski definition) is 5. The lowest BCUT2D eigenvalue weighted by Crippen LogP contribution is -2.47. The Bertz CT molecular complexity index is 278. The minimum Gasteiger partial charge on any atom is -0.465 e. The molecule has 92 valence electrons. The topological polar surface area (TPSA) is 62.1 Å². The standard InChI is InChI=1S/C11H20N2O3/c1-4-16-11(14)7-13-6-8(2)10(12-15)5-9(13)3/h8-9,15H,4-7H2,1-3H3/b12-10-/t8-,9+/m1/s1. The zero-order chi connectivity index (χ0) is 12.1. The summed E-state index contributed by atoms with van der Waals surface area (Å²) >= 11 is 0. The number of rotatable bonds is 3. The van der Waals surface area contributed by atoms with E-state index in [9.17, 15) is 4.79 Å². The van der Waals surface area contributed by atoms with Crippen molar-refractivity contribution in [3.8, 4) is 0 Å². The van der Waals surface area contributed by atoms with Crippen LogP contribution in [0.15, 0.2) is 5.16 Å². The average molecular weight is 228 g/mol. The number of hydrogen-bond donors (Lipinski definition) is 1. The highest BCUT2D eigenvalue weighted by atomic mass is 16.5. The van der Waals surface area contributed by atoms with E-state index in [0.717, 1.165) is 12.3 Å². The second-order valence-corrected chi connectivity index (χ2v) is 4.28. The zero-order valence-electron chi connectivity index (χ0n) is 10.1. The molecule has 1 N–H and O–H groups in total. The predicted molar refractivity (Wildman–Crippen MR) is 60.7 cm³/mol. The lowest BCUT2D eigenvalue weighted by molar-refractivity contribution is -0.145. The van der Waals surface area contributed by atoms with Crippen LogP contribution in [0.4, 0.5) is 0 Å². The Morgan fingerprint density at radius 2 is 2.31 bits per heavy atom. The maximum Gasteiger partial charge on any atom is 0.320 e. The van der Waals surface area contributed by atoms with Gasteiger partial charge in [0.25, 0.3) is 0 Å². The first-order valence-corrected chi connectivity index (χ1v) is 5.69. The van der Waals surface area contributed by atoms with Gasteiger partial charge in [0.15, 0.2) is 0 Å². The van der Waals surface area contributed by atoms with Crippen molar-refractivity contribution >= 4 is 11.7 Å². The number of nitrogens with zero attached hydrogens (tertiary/aromatic N) is 2. The largest absolute Gasteiger partial charge is 0.465 e. The van der Waals surface area contributed by atoms with Crippen LogP contribution in [-0.2, 0) is 9.53 Å². The molecule has 5 nitrogen and oxygen atoms in total. The van der Waals surface area contributed by atoms with E-state index in [0.29, 0.717) is 19.6 Å². The van der Waals surface area contributed by atoms with Crippen molar-refractivity contribution in [1.29, 1.82) is 0 Å². The molecule has 0 saturated carbocycles. The van der Waals surface area contributed by atoms with Gasteiger partial charge in [-0.15, -0.1) is 0 Å². The van der Waals surface area contributed by atoms with Gasteiger partial charge in [0.1, 0.15) is 0 Å². The van der Waals surface area contributed by atoms with Crippen LogP contribution in [0.1, 0.15) is 27.2 Å². The summed E-state index contributed by atoms with van der Waals surface area (Å²) < 4.78 is 4.92. The van der Waals surface area contributed by atoms with E-state index >= 15 is 0 Å². The van der Waals surface area contributed by atoms with Gasteiger partial charge in [-0.05, 0) is 13.8 Å². The van der Waals surface area contributed by atoms with Gasteiger partial charge in [-0.2, -0.15) is 0 Å². The van der Waals surface area contributed by atoms with E-state index in [4.69, 9.17) is 9.94 Å². The molecule has 0 aromatic carbocycles. The Morgan fingerprint density at radius 1 is 1.62 bits per heavy atom. The number of carbonyl (C=O) groups is 1. The van der Waals surface area contributed by atoms with Gasteiger partial charge in [-0.25, -0.2) is 0 Å². The fourth-order valence-corrected chi connectivity index (χ4v) is 2.00. The molecule has 1 fully saturated rings. The van der Waals surface area contributed by atoms with Crippen molar-refractivity contribution in [2.75, 3.05) is 19.7 Å². The highest BCUT2D eigenvalue weighted by molar-refractivity contribution is 5.87. The molecule has 0 aromatic heterocycles. The second kappa shape index (κ2) is 5.84. The van der Waals surface area contributed by atoms with Gasteiger partial charge >= 0.3 is 5.97 Å². The molecule has 1 heterocycles. The van der Waals surface area contributed by atoms with E-state index in [1.807, 2.05) is 13.8 Å². The van der Waals surface area contributed by atoms with Crippen molar-refractivity contribution in [2.24, 2.45) is 11.1 Å². The number of oxime groups is 1. The molecule has 0 amide bonds. The first-order valence-electron chi connectivity index (χ1n) is 5.69. The van der Waals surface area contributed by atoms with E-state index < -0.39 is 0 Å². The van der Waals surface area contributed by atoms with Crippen molar-refractivity contribution in [2.45, 2.75) is 33.2 Å². The third-order valence-electron chi connectivity index (χ3n) is 2.97. The van der Waals surface area contributed by atoms with Crippen LogP contribution in [0.2, 0.25) is 0 Å². The lowest BCUT2D eigenvalue weighted by atomic mass is 9.93. The molecule has 0 aliphatic carbocycles. The van der Waals surface area contributed by atoms with Gasteiger partial charge in [-0.3, -0.25) is 9.69 Å². The molecule has 0 unspecified atom stereocenters. The molecule has 0 aromatic rings. The fourth-order valence-electron chi connectivity index (χ4n) is 2.00. The van der Waals surface area contributed by atoms with Crippen LogP contribution in [0.25, 0.3) is 0 Å². The fraction of sp³-hybridized carbons (Fsp3) is 0.818. The quantitative estimate of drug-likeness (QED) is 0.446. The third-order valence-corrected chi connectivity index (χ3v) is 2.97. The molecule has 1 aliphatic rings. The molecular weight excluding hydrogens is 208 g/mol. The molecular formula is C11H20N2O3. The lowest BCUT2D eigenvalue weighted by Gasteiger charge is -2.36. The molecule has 0 spiro atoms. The number of piperidine rings is 1. The van der Waals surface area contributed by atoms with Crippen molar-refractivity contribution in [3.05, 3.63) is 0 Å². The van der Waals surface area contributed by atoms with E-state index in [1.165, 1.54) is 0 Å². The summed E-state index contributed by atoms with van der Waals surface area (Å²) in [6.45, 7) is 7.30. The minimum absolute atomic E-state index is 0.189. The summed E-state index contributed by atoms with van der Waals surface area (Å²) in [5.74, 6) is 0.00145. The third kappa shape index (κ3) is 3.20. The molecule has 16 heavy (non-hydrogen) atoms. The summed E-state index contributed by atoms with van der Waals surface area (Å²) in [5, 5.41) is 12.1. The minimum atomic E-state index is -0.189. The van der Waals surface area contributed by atoms with Crippen molar-refractivity contribution in [1.82, 2.24) is 4.90 Å². The van der Waals surface area contributed by atoms with E-state index in [-0.39, 0.29) is 17.9 Å². The second-order valence-electron chi connectivity index (χ2n) is 4.28. The van der Waals surface area contributed by atoms with Gasteiger partial charge in [0.05, 0.1) is 18.9 Å². The summed E-state index contributed by atoms with van der Waals surface area (Å²) in [6, 6.07) is 0.214. The Balaban J connectivity index is 2.53. The zero-order valence-corrected chi connectivity index (χ0v) is 10.1. The maximum absolute atomic E-state index is 11.4. The monoisotopic (exact) mass is 228 g/mol. The maximum atomic E-state index is 11.4. The number of likely N-dealkylation sites (tertiary alicyclic amines) is 1. The highest BCUT2D eigenvalue weighted by Crippen LogP contribution is 2.19. The van der Waals surface area contributed by atoms with Gasteiger partial charge in [0.2, 0.25) is 0 Å². The van der Waals surface area contributed by atoms with Gasteiger partial charge < -0.3 is 9.94 Å². The van der Waals surface area contributed by atoms with Crippen LogP contribution >= 0.6 is 0 Å². The Kier molecular flexibility index (Phi) is 4.73. The molecule has 1 rings (SSSR count). The van der Waals surface area contributed by atoms with Crippen LogP contribution in [0.5, 0.6) is 0 Å². The average Bonchev–Trinajstić information content (AvgIpc) is 2.23. The smallest absolute Gasteiger partial charge is 0.320 e. The van der Waals surface area contributed by atoms with E-state index in [1.54, 1.807) is 6.92 Å². The molecule has 2 atom stereocenters. The van der Waals surface area contributed by atoms with E-state index in [2.05, 4.69) is 10.1 Å². The van der Waals surface area contributed by atoms with Crippen LogP contribution < -0.4 is 0 Å². The Labute approximate surface area is 96.1 Å². The highest BCUT2D eigenvalue weighted by Gasteiger charge is 2.29. The van der Waals surface area contributed by atoms with Crippen LogP contribution in [0.3, 0.4) is 0 Å². The molecule has 0 bridgehead atoms.